The number of hydrogen-bond acceptors (Lipinski definition) is 4. The van der Waals surface area contributed by atoms with E-state index in [1.807, 2.05) is 38.1 Å². The fourth-order valence-corrected chi connectivity index (χ4v) is 1.70. The topological polar surface area (TPSA) is 85.8 Å². The summed E-state index contributed by atoms with van der Waals surface area (Å²) in [5, 5.41) is 6.89. The molecule has 1 aromatic heterocycles. The molecule has 0 saturated carbocycles. The Hall–Kier alpha value is -2.21. The lowest BCUT2D eigenvalue weighted by molar-refractivity contribution is -0.116. The number of carbonyl (C=O) groups excluding carboxylic acids is 1. The molecule has 20 heavy (non-hydrogen) atoms. The van der Waals surface area contributed by atoms with Gasteiger partial charge in [0, 0.05) is 17.6 Å². The van der Waals surface area contributed by atoms with Crippen molar-refractivity contribution < 1.29 is 4.79 Å². The second kappa shape index (κ2) is 5.83. The molecule has 0 atom stereocenters. The number of carbonyl (C=O) groups is 1. The second-order valence-electron chi connectivity index (χ2n) is 5.42. The highest BCUT2D eigenvalue weighted by atomic mass is 16.1. The number of benzene rings is 1. The Morgan fingerprint density at radius 1 is 1.35 bits per heavy atom. The number of amides is 1. The van der Waals surface area contributed by atoms with Crippen LogP contribution in [0.15, 0.2) is 36.9 Å². The Kier molecular flexibility index (Phi) is 4.14. The van der Waals surface area contributed by atoms with Gasteiger partial charge < -0.3 is 11.1 Å². The van der Waals surface area contributed by atoms with Crippen LogP contribution in [0.2, 0.25) is 0 Å². The summed E-state index contributed by atoms with van der Waals surface area (Å²) in [6, 6.07) is 7.42. The summed E-state index contributed by atoms with van der Waals surface area (Å²) in [5.41, 5.74) is 7.18. The molecule has 1 aromatic carbocycles. The normalized spacial score (nSPS) is 11.3. The summed E-state index contributed by atoms with van der Waals surface area (Å²) in [6.07, 6.45) is 4.16. The maximum atomic E-state index is 11.8. The molecular weight excluding hydrogens is 254 g/mol. The second-order valence-corrected chi connectivity index (χ2v) is 5.42. The highest BCUT2D eigenvalue weighted by Gasteiger charge is 2.13. The van der Waals surface area contributed by atoms with E-state index in [2.05, 4.69) is 15.4 Å². The van der Waals surface area contributed by atoms with Gasteiger partial charge in [-0.2, -0.15) is 5.10 Å². The van der Waals surface area contributed by atoms with Gasteiger partial charge >= 0.3 is 0 Å². The minimum atomic E-state index is -0.325. The zero-order chi connectivity index (χ0) is 14.6. The Morgan fingerprint density at radius 3 is 2.60 bits per heavy atom. The first-order valence-electron chi connectivity index (χ1n) is 6.48. The van der Waals surface area contributed by atoms with Crippen molar-refractivity contribution in [2.45, 2.75) is 32.2 Å². The number of anilines is 1. The molecule has 2 rings (SSSR count). The maximum Gasteiger partial charge on any atom is 0.224 e. The van der Waals surface area contributed by atoms with Crippen molar-refractivity contribution in [1.29, 1.82) is 0 Å². The predicted molar refractivity (Wildman–Crippen MR) is 77.5 cm³/mol. The van der Waals surface area contributed by atoms with Crippen LogP contribution in [0.1, 0.15) is 26.7 Å². The van der Waals surface area contributed by atoms with Crippen LogP contribution in [0.5, 0.6) is 0 Å². The van der Waals surface area contributed by atoms with E-state index in [0.29, 0.717) is 12.8 Å². The molecule has 6 nitrogen and oxygen atoms in total. The van der Waals surface area contributed by atoms with Crippen molar-refractivity contribution in [3.05, 3.63) is 36.9 Å². The Morgan fingerprint density at radius 2 is 2.05 bits per heavy atom. The summed E-state index contributed by atoms with van der Waals surface area (Å²) in [6.45, 7) is 3.82. The first-order valence-corrected chi connectivity index (χ1v) is 6.48. The van der Waals surface area contributed by atoms with Crippen molar-refractivity contribution in [3.63, 3.8) is 0 Å². The molecule has 106 valence electrons. The number of nitrogens with one attached hydrogen (secondary N) is 1. The predicted octanol–water partition coefficient (Wildman–Crippen LogP) is 1.72. The molecular formula is C14H19N5O. The lowest BCUT2D eigenvalue weighted by Gasteiger charge is -2.17. The van der Waals surface area contributed by atoms with Crippen LogP contribution in [0.4, 0.5) is 5.69 Å². The van der Waals surface area contributed by atoms with E-state index in [0.717, 1.165) is 11.4 Å². The molecule has 0 bridgehead atoms. The Balaban J connectivity index is 1.92. The third-order valence-electron chi connectivity index (χ3n) is 2.83. The number of nitrogens with two attached hydrogens (primary N) is 1. The van der Waals surface area contributed by atoms with E-state index >= 15 is 0 Å². The number of nitrogens with zero attached hydrogens (tertiary/aromatic N) is 3. The molecule has 0 fully saturated rings. The van der Waals surface area contributed by atoms with E-state index < -0.39 is 0 Å². The fourth-order valence-electron chi connectivity index (χ4n) is 1.70. The first kappa shape index (κ1) is 14.2. The molecule has 0 spiro atoms. The van der Waals surface area contributed by atoms with Crippen LogP contribution >= 0.6 is 0 Å². The van der Waals surface area contributed by atoms with Crippen LogP contribution in [-0.4, -0.2) is 26.2 Å². The van der Waals surface area contributed by atoms with Crippen LogP contribution in [0.25, 0.3) is 5.69 Å². The summed E-state index contributed by atoms with van der Waals surface area (Å²) < 4.78 is 1.66. The van der Waals surface area contributed by atoms with Gasteiger partial charge in [0.1, 0.15) is 12.7 Å². The van der Waals surface area contributed by atoms with Crippen LogP contribution in [0.3, 0.4) is 0 Å². The lowest BCUT2D eigenvalue weighted by atomic mass is 10.00. The van der Waals surface area contributed by atoms with Crippen molar-refractivity contribution in [3.8, 4) is 5.69 Å². The average molecular weight is 273 g/mol. The number of hydrogen-bond donors (Lipinski definition) is 2. The minimum Gasteiger partial charge on any atom is -0.326 e. The van der Waals surface area contributed by atoms with Gasteiger partial charge in [-0.3, -0.25) is 4.79 Å². The molecule has 0 aliphatic rings. The van der Waals surface area contributed by atoms with E-state index in [1.165, 1.54) is 6.33 Å². The zero-order valence-electron chi connectivity index (χ0n) is 11.7. The average Bonchev–Trinajstić information content (AvgIpc) is 2.90. The van der Waals surface area contributed by atoms with Gasteiger partial charge in [0.15, 0.2) is 0 Å². The smallest absolute Gasteiger partial charge is 0.224 e. The Bertz CT molecular complexity index is 554. The molecule has 3 N–H and O–H groups in total. The highest BCUT2D eigenvalue weighted by molar-refractivity contribution is 5.90. The summed E-state index contributed by atoms with van der Waals surface area (Å²) in [7, 11) is 0. The summed E-state index contributed by atoms with van der Waals surface area (Å²) in [4.78, 5) is 15.7. The first-order chi connectivity index (χ1) is 9.44. The van der Waals surface area contributed by atoms with Crippen molar-refractivity contribution in [2.24, 2.45) is 5.73 Å². The lowest BCUT2D eigenvalue weighted by Crippen LogP contribution is -2.33. The van der Waals surface area contributed by atoms with E-state index in [9.17, 15) is 4.79 Å². The third-order valence-corrected chi connectivity index (χ3v) is 2.83. The van der Waals surface area contributed by atoms with Crippen molar-refractivity contribution in [1.82, 2.24) is 14.8 Å². The monoisotopic (exact) mass is 273 g/mol. The van der Waals surface area contributed by atoms with E-state index in [-0.39, 0.29) is 11.4 Å². The molecule has 6 heteroatoms. The van der Waals surface area contributed by atoms with Gasteiger partial charge in [-0.15, -0.1) is 0 Å². The molecule has 0 radical (unpaired) electrons. The van der Waals surface area contributed by atoms with Gasteiger partial charge in [0.2, 0.25) is 5.91 Å². The zero-order valence-corrected chi connectivity index (χ0v) is 11.7. The van der Waals surface area contributed by atoms with Gasteiger partial charge in [0.25, 0.3) is 0 Å². The summed E-state index contributed by atoms with van der Waals surface area (Å²) in [5.74, 6) is -0.0305. The number of rotatable bonds is 5. The summed E-state index contributed by atoms with van der Waals surface area (Å²) >= 11 is 0. The molecule has 2 aromatic rings. The van der Waals surface area contributed by atoms with Crippen LogP contribution in [-0.2, 0) is 4.79 Å². The minimum absolute atomic E-state index is 0.0305. The van der Waals surface area contributed by atoms with Gasteiger partial charge in [-0.1, -0.05) is 0 Å². The molecule has 0 unspecified atom stereocenters. The van der Waals surface area contributed by atoms with Crippen LogP contribution in [0, 0.1) is 0 Å². The fraction of sp³-hybridized carbons (Fsp3) is 0.357. The van der Waals surface area contributed by atoms with Gasteiger partial charge in [-0.25, -0.2) is 9.67 Å². The van der Waals surface area contributed by atoms with E-state index in [4.69, 9.17) is 5.73 Å². The van der Waals surface area contributed by atoms with Crippen molar-refractivity contribution in [2.75, 3.05) is 5.32 Å². The molecule has 0 saturated heterocycles. The van der Waals surface area contributed by atoms with Crippen LogP contribution < -0.4 is 11.1 Å². The molecule has 0 aliphatic carbocycles. The maximum absolute atomic E-state index is 11.8. The molecule has 1 amide bonds. The van der Waals surface area contributed by atoms with Crippen molar-refractivity contribution >= 4 is 11.6 Å². The largest absolute Gasteiger partial charge is 0.326 e. The standard InChI is InChI=1S/C14H19N5O/c1-14(2,15)8-7-13(20)18-11-3-5-12(6-4-11)19-10-16-9-17-19/h3-6,9-10H,7-8,15H2,1-2H3,(H,18,20). The van der Waals surface area contributed by atoms with Gasteiger partial charge in [0.05, 0.1) is 5.69 Å². The van der Waals surface area contributed by atoms with Gasteiger partial charge in [-0.05, 0) is 44.5 Å². The molecule has 1 heterocycles. The quantitative estimate of drug-likeness (QED) is 0.868. The highest BCUT2D eigenvalue weighted by Crippen LogP contribution is 2.14. The SMILES string of the molecule is CC(C)(N)CCC(=O)Nc1ccc(-n2cncn2)cc1. The van der Waals surface area contributed by atoms with E-state index in [1.54, 1.807) is 11.0 Å². The number of aromatic nitrogens is 3. The Labute approximate surface area is 118 Å². The third kappa shape index (κ3) is 4.17. The molecule has 0 aliphatic heterocycles.